The maximum atomic E-state index is 9.60. The van der Waals surface area contributed by atoms with Gasteiger partial charge in [0.1, 0.15) is 0 Å². The van der Waals surface area contributed by atoms with Gasteiger partial charge in [-0.25, -0.2) is 0 Å². The molecule has 2 N–H and O–H groups in total. The molecule has 0 spiro atoms. The van der Waals surface area contributed by atoms with Crippen LogP contribution in [0.25, 0.3) is 0 Å². The van der Waals surface area contributed by atoms with E-state index in [0.717, 1.165) is 11.3 Å². The van der Waals surface area contributed by atoms with E-state index in [4.69, 9.17) is 0 Å². The summed E-state index contributed by atoms with van der Waals surface area (Å²) in [7, 11) is 1.91. The molecule has 0 aliphatic heterocycles. The second-order valence-corrected chi connectivity index (χ2v) is 3.96. The van der Waals surface area contributed by atoms with Gasteiger partial charge in [0.05, 0.1) is 12.2 Å². The third-order valence-electron chi connectivity index (χ3n) is 2.34. The molecule has 0 saturated carbocycles. The van der Waals surface area contributed by atoms with E-state index in [1.165, 1.54) is 0 Å². The summed E-state index contributed by atoms with van der Waals surface area (Å²) < 4.78 is 0. The van der Waals surface area contributed by atoms with Gasteiger partial charge in [0.15, 0.2) is 0 Å². The number of aliphatic hydroxyl groups excluding tert-OH is 2. The lowest BCUT2D eigenvalue weighted by Gasteiger charge is -2.24. The van der Waals surface area contributed by atoms with E-state index in [9.17, 15) is 10.2 Å². The maximum absolute atomic E-state index is 9.60. The molecule has 1 rings (SSSR count). The third-order valence-corrected chi connectivity index (χ3v) is 2.34. The molecule has 0 saturated heterocycles. The number of nitrogens with zero attached hydrogens (tertiary/aromatic N) is 1. The molecule has 1 unspecified atom stereocenters. The summed E-state index contributed by atoms with van der Waals surface area (Å²) in [6.45, 7) is 4.06. The predicted octanol–water partition coefficient (Wildman–Crippen LogP) is 1.56. The molecule has 0 aliphatic rings. The van der Waals surface area contributed by atoms with Crippen molar-refractivity contribution in [3.05, 3.63) is 29.8 Å². The standard InChI is InChI=1S/C12H19NO2/c1-9(14)8-13(3)12-7-5-4-6-11(12)10(2)15/h4-7,9-10,14-15H,8H2,1-3H3/t9?,10-/m1/s1. The lowest BCUT2D eigenvalue weighted by molar-refractivity contribution is 0.195. The minimum absolute atomic E-state index is 0.378. The molecule has 0 bridgehead atoms. The van der Waals surface area contributed by atoms with Gasteiger partial charge in [0.25, 0.3) is 0 Å². The van der Waals surface area contributed by atoms with E-state index >= 15 is 0 Å². The van der Waals surface area contributed by atoms with Gasteiger partial charge in [-0.15, -0.1) is 0 Å². The average Bonchev–Trinajstić information content (AvgIpc) is 2.16. The Hall–Kier alpha value is -1.06. The highest BCUT2D eigenvalue weighted by Crippen LogP contribution is 2.25. The molecule has 0 amide bonds. The SMILES string of the molecule is CC(O)CN(C)c1ccccc1[C@@H](C)O. The highest BCUT2D eigenvalue weighted by Gasteiger charge is 2.11. The van der Waals surface area contributed by atoms with Gasteiger partial charge in [0.2, 0.25) is 0 Å². The Morgan fingerprint density at radius 3 is 2.33 bits per heavy atom. The lowest BCUT2D eigenvalue weighted by atomic mass is 10.1. The van der Waals surface area contributed by atoms with Crippen molar-refractivity contribution < 1.29 is 10.2 Å². The number of para-hydroxylation sites is 1. The Morgan fingerprint density at radius 1 is 1.20 bits per heavy atom. The molecule has 84 valence electrons. The zero-order chi connectivity index (χ0) is 11.4. The topological polar surface area (TPSA) is 43.7 Å². The van der Waals surface area contributed by atoms with Crippen LogP contribution in [0.1, 0.15) is 25.5 Å². The Bertz CT molecular complexity index is 310. The van der Waals surface area contributed by atoms with Gasteiger partial charge in [-0.2, -0.15) is 0 Å². The minimum atomic E-state index is -0.488. The van der Waals surface area contributed by atoms with Gasteiger partial charge in [-0.05, 0) is 19.9 Å². The van der Waals surface area contributed by atoms with E-state index in [-0.39, 0.29) is 6.10 Å². The van der Waals surface area contributed by atoms with Crippen LogP contribution in [0.3, 0.4) is 0 Å². The molecule has 1 aromatic rings. The summed E-state index contributed by atoms with van der Waals surface area (Å²) in [6.07, 6.45) is -0.866. The Morgan fingerprint density at radius 2 is 1.80 bits per heavy atom. The molecular formula is C12H19NO2. The van der Waals surface area contributed by atoms with E-state index in [0.29, 0.717) is 6.54 Å². The van der Waals surface area contributed by atoms with Gasteiger partial charge < -0.3 is 15.1 Å². The van der Waals surface area contributed by atoms with Crippen LogP contribution in [-0.4, -0.2) is 29.9 Å². The van der Waals surface area contributed by atoms with Crippen molar-refractivity contribution in [1.29, 1.82) is 0 Å². The van der Waals surface area contributed by atoms with E-state index in [1.807, 2.05) is 36.2 Å². The quantitative estimate of drug-likeness (QED) is 0.791. The highest BCUT2D eigenvalue weighted by atomic mass is 16.3. The second kappa shape index (κ2) is 5.14. The number of likely N-dealkylation sites (N-methyl/N-ethyl adjacent to an activating group) is 1. The first-order chi connectivity index (χ1) is 7.02. The highest BCUT2D eigenvalue weighted by molar-refractivity contribution is 5.53. The largest absolute Gasteiger partial charge is 0.392 e. The number of hydrogen-bond donors (Lipinski definition) is 2. The fourth-order valence-corrected chi connectivity index (χ4v) is 1.68. The molecular weight excluding hydrogens is 190 g/mol. The van der Waals surface area contributed by atoms with Crippen LogP contribution in [-0.2, 0) is 0 Å². The molecule has 0 fully saturated rings. The molecule has 2 atom stereocenters. The van der Waals surface area contributed by atoms with Crippen molar-refractivity contribution in [2.45, 2.75) is 26.1 Å². The van der Waals surface area contributed by atoms with Crippen LogP contribution in [0.5, 0.6) is 0 Å². The summed E-state index contributed by atoms with van der Waals surface area (Å²) >= 11 is 0. The average molecular weight is 209 g/mol. The molecule has 0 aromatic heterocycles. The zero-order valence-electron chi connectivity index (χ0n) is 9.51. The van der Waals surface area contributed by atoms with Crippen molar-refractivity contribution in [2.75, 3.05) is 18.5 Å². The Labute approximate surface area is 91.0 Å². The number of anilines is 1. The first-order valence-electron chi connectivity index (χ1n) is 5.18. The normalized spacial score (nSPS) is 14.7. The first kappa shape index (κ1) is 12.0. The van der Waals surface area contributed by atoms with Crippen molar-refractivity contribution in [2.24, 2.45) is 0 Å². The number of benzene rings is 1. The Kier molecular flexibility index (Phi) is 4.12. The minimum Gasteiger partial charge on any atom is -0.392 e. The molecule has 0 aliphatic carbocycles. The van der Waals surface area contributed by atoms with Crippen LogP contribution in [0.4, 0.5) is 5.69 Å². The summed E-state index contributed by atoms with van der Waals surface area (Å²) in [5.74, 6) is 0. The van der Waals surface area contributed by atoms with Gasteiger partial charge in [-0.3, -0.25) is 0 Å². The summed E-state index contributed by atoms with van der Waals surface area (Å²) in [5, 5.41) is 18.9. The monoisotopic (exact) mass is 209 g/mol. The first-order valence-corrected chi connectivity index (χ1v) is 5.18. The van der Waals surface area contributed by atoms with Crippen LogP contribution >= 0.6 is 0 Å². The summed E-state index contributed by atoms with van der Waals surface area (Å²) in [5.41, 5.74) is 1.86. The van der Waals surface area contributed by atoms with Crippen LogP contribution in [0.2, 0.25) is 0 Å². The maximum Gasteiger partial charge on any atom is 0.0781 e. The van der Waals surface area contributed by atoms with Crippen LogP contribution in [0.15, 0.2) is 24.3 Å². The molecule has 15 heavy (non-hydrogen) atoms. The van der Waals surface area contributed by atoms with Crippen LogP contribution < -0.4 is 4.90 Å². The van der Waals surface area contributed by atoms with Gasteiger partial charge >= 0.3 is 0 Å². The Balaban J connectivity index is 2.92. The summed E-state index contributed by atoms with van der Waals surface area (Å²) in [4.78, 5) is 1.95. The molecule has 1 aromatic carbocycles. The van der Waals surface area contributed by atoms with Crippen molar-refractivity contribution in [3.63, 3.8) is 0 Å². The molecule has 3 nitrogen and oxygen atoms in total. The number of aliphatic hydroxyl groups is 2. The second-order valence-electron chi connectivity index (χ2n) is 3.96. The van der Waals surface area contributed by atoms with E-state index < -0.39 is 6.10 Å². The fraction of sp³-hybridized carbons (Fsp3) is 0.500. The van der Waals surface area contributed by atoms with Gasteiger partial charge in [-0.1, -0.05) is 18.2 Å². The van der Waals surface area contributed by atoms with Crippen molar-refractivity contribution >= 4 is 5.69 Å². The third kappa shape index (κ3) is 3.22. The summed E-state index contributed by atoms with van der Waals surface area (Å²) in [6, 6.07) is 7.69. The molecule has 0 heterocycles. The molecule has 3 heteroatoms. The van der Waals surface area contributed by atoms with E-state index in [2.05, 4.69) is 0 Å². The smallest absolute Gasteiger partial charge is 0.0781 e. The van der Waals surface area contributed by atoms with Gasteiger partial charge in [0, 0.05) is 24.8 Å². The van der Waals surface area contributed by atoms with Crippen molar-refractivity contribution in [1.82, 2.24) is 0 Å². The number of hydrogen-bond acceptors (Lipinski definition) is 3. The molecule has 0 radical (unpaired) electrons. The van der Waals surface area contributed by atoms with Crippen molar-refractivity contribution in [3.8, 4) is 0 Å². The predicted molar refractivity (Wildman–Crippen MR) is 62.0 cm³/mol. The lowest BCUT2D eigenvalue weighted by Crippen LogP contribution is -2.27. The number of rotatable bonds is 4. The van der Waals surface area contributed by atoms with Crippen LogP contribution in [0, 0.1) is 0 Å². The fourth-order valence-electron chi connectivity index (χ4n) is 1.68. The van der Waals surface area contributed by atoms with E-state index in [1.54, 1.807) is 13.8 Å². The zero-order valence-corrected chi connectivity index (χ0v) is 9.51.